The second kappa shape index (κ2) is 7.14. The number of ether oxygens (including phenoxy) is 1. The number of aromatic amines is 1. The SMILES string of the molecule is CCOc1cccc(/C=N/n2cc(-c3ccccc3)[nH]c2=S)c1O. The molecule has 1 heterocycles. The van der Waals surface area contributed by atoms with Crippen LogP contribution < -0.4 is 4.74 Å². The van der Waals surface area contributed by atoms with Crippen molar-refractivity contribution in [2.45, 2.75) is 6.92 Å². The number of nitrogens with zero attached hydrogens (tertiary/aromatic N) is 2. The van der Waals surface area contributed by atoms with Crippen molar-refractivity contribution in [2.75, 3.05) is 6.61 Å². The van der Waals surface area contributed by atoms with Gasteiger partial charge >= 0.3 is 0 Å². The summed E-state index contributed by atoms with van der Waals surface area (Å²) in [7, 11) is 0. The Balaban J connectivity index is 1.89. The summed E-state index contributed by atoms with van der Waals surface area (Å²) in [5.41, 5.74) is 2.47. The minimum Gasteiger partial charge on any atom is -0.504 e. The molecule has 0 aliphatic rings. The average molecular weight is 339 g/mol. The Morgan fingerprint density at radius 2 is 2.00 bits per heavy atom. The van der Waals surface area contributed by atoms with Crippen molar-refractivity contribution in [2.24, 2.45) is 5.10 Å². The molecule has 0 spiro atoms. The lowest BCUT2D eigenvalue weighted by Gasteiger charge is -2.06. The number of benzene rings is 2. The Morgan fingerprint density at radius 1 is 1.21 bits per heavy atom. The van der Waals surface area contributed by atoms with Gasteiger partial charge in [0.05, 0.1) is 24.7 Å². The smallest absolute Gasteiger partial charge is 0.198 e. The van der Waals surface area contributed by atoms with E-state index in [9.17, 15) is 5.11 Å². The molecule has 0 aliphatic heterocycles. The summed E-state index contributed by atoms with van der Waals surface area (Å²) in [4.78, 5) is 3.12. The van der Waals surface area contributed by atoms with Crippen LogP contribution in [0.1, 0.15) is 12.5 Å². The fourth-order valence-electron chi connectivity index (χ4n) is 2.28. The second-order valence-electron chi connectivity index (χ2n) is 5.06. The van der Waals surface area contributed by atoms with Crippen LogP contribution in [-0.2, 0) is 0 Å². The third-order valence-corrected chi connectivity index (χ3v) is 3.73. The van der Waals surface area contributed by atoms with Gasteiger partial charge in [-0.25, -0.2) is 4.68 Å². The van der Waals surface area contributed by atoms with E-state index in [2.05, 4.69) is 10.1 Å². The molecule has 0 atom stereocenters. The molecule has 0 saturated carbocycles. The summed E-state index contributed by atoms with van der Waals surface area (Å²) in [5.74, 6) is 0.498. The maximum atomic E-state index is 10.2. The number of aromatic hydroxyl groups is 1. The molecule has 6 heteroatoms. The van der Waals surface area contributed by atoms with Crippen LogP contribution >= 0.6 is 12.2 Å². The molecule has 0 fully saturated rings. The number of hydrogen-bond donors (Lipinski definition) is 2. The van der Waals surface area contributed by atoms with Gasteiger partial charge in [0.1, 0.15) is 0 Å². The third kappa shape index (κ3) is 3.38. The van der Waals surface area contributed by atoms with E-state index >= 15 is 0 Å². The number of nitrogens with one attached hydrogen (secondary N) is 1. The second-order valence-corrected chi connectivity index (χ2v) is 5.44. The highest BCUT2D eigenvalue weighted by molar-refractivity contribution is 7.71. The van der Waals surface area contributed by atoms with Crippen LogP contribution in [0.3, 0.4) is 0 Å². The maximum Gasteiger partial charge on any atom is 0.198 e. The van der Waals surface area contributed by atoms with E-state index in [0.29, 0.717) is 22.7 Å². The van der Waals surface area contributed by atoms with Crippen LogP contribution in [0, 0.1) is 4.77 Å². The molecule has 3 aromatic rings. The number of aromatic nitrogens is 2. The molecule has 122 valence electrons. The molecule has 0 bridgehead atoms. The van der Waals surface area contributed by atoms with E-state index < -0.39 is 0 Å². The number of H-pyrrole nitrogens is 1. The standard InChI is InChI=1S/C18H17N3O2S/c1-2-23-16-10-6-9-14(17(16)22)11-19-21-12-15(20-18(21)24)13-7-4-3-5-8-13/h3-12,22H,2H2,1H3,(H,20,24)/b19-11+. The molecule has 3 rings (SSSR count). The Kier molecular flexibility index (Phi) is 4.77. The van der Waals surface area contributed by atoms with Gasteiger partial charge in [0.25, 0.3) is 0 Å². The van der Waals surface area contributed by atoms with E-state index in [1.54, 1.807) is 29.1 Å². The van der Waals surface area contributed by atoms with Crippen molar-refractivity contribution in [3.05, 3.63) is 65.1 Å². The van der Waals surface area contributed by atoms with Crippen molar-refractivity contribution in [1.29, 1.82) is 0 Å². The van der Waals surface area contributed by atoms with Gasteiger partial charge in [-0.2, -0.15) is 5.10 Å². The highest BCUT2D eigenvalue weighted by Gasteiger charge is 2.06. The van der Waals surface area contributed by atoms with Gasteiger partial charge in [-0.05, 0) is 36.8 Å². The first-order chi connectivity index (χ1) is 11.7. The molecular formula is C18H17N3O2S. The van der Waals surface area contributed by atoms with E-state index in [-0.39, 0.29) is 5.75 Å². The summed E-state index contributed by atoms with van der Waals surface area (Å²) < 4.78 is 7.41. The molecule has 1 aromatic heterocycles. The Morgan fingerprint density at radius 3 is 2.75 bits per heavy atom. The van der Waals surface area contributed by atoms with Gasteiger partial charge in [0, 0.05) is 5.56 Å². The summed E-state index contributed by atoms with van der Waals surface area (Å²) in [6.45, 7) is 2.35. The van der Waals surface area contributed by atoms with E-state index in [0.717, 1.165) is 11.3 Å². The molecule has 2 aromatic carbocycles. The van der Waals surface area contributed by atoms with Crippen molar-refractivity contribution < 1.29 is 9.84 Å². The largest absolute Gasteiger partial charge is 0.504 e. The molecule has 0 unspecified atom stereocenters. The quantitative estimate of drug-likeness (QED) is 0.541. The van der Waals surface area contributed by atoms with E-state index in [1.807, 2.05) is 43.5 Å². The zero-order valence-corrected chi connectivity index (χ0v) is 14.0. The predicted octanol–water partition coefficient (Wildman–Crippen LogP) is 4.20. The molecule has 0 radical (unpaired) electrons. The normalized spacial score (nSPS) is 11.0. The summed E-state index contributed by atoms with van der Waals surface area (Å²) in [6, 6.07) is 15.1. The number of phenols is 1. The first-order valence-corrected chi connectivity index (χ1v) is 7.96. The molecule has 0 aliphatic carbocycles. The van der Waals surface area contributed by atoms with Gasteiger partial charge in [0.15, 0.2) is 16.3 Å². The first-order valence-electron chi connectivity index (χ1n) is 7.55. The average Bonchev–Trinajstić information content (AvgIpc) is 2.98. The molecular weight excluding hydrogens is 322 g/mol. The van der Waals surface area contributed by atoms with E-state index in [1.165, 1.54) is 0 Å². The van der Waals surface area contributed by atoms with Crippen LogP contribution in [0.5, 0.6) is 11.5 Å². The highest BCUT2D eigenvalue weighted by Crippen LogP contribution is 2.28. The fourth-order valence-corrected chi connectivity index (χ4v) is 2.49. The van der Waals surface area contributed by atoms with Crippen molar-refractivity contribution >= 4 is 18.4 Å². The lowest BCUT2D eigenvalue weighted by molar-refractivity contribution is 0.318. The lowest BCUT2D eigenvalue weighted by Crippen LogP contribution is -1.94. The van der Waals surface area contributed by atoms with E-state index in [4.69, 9.17) is 17.0 Å². The highest BCUT2D eigenvalue weighted by atomic mass is 32.1. The van der Waals surface area contributed by atoms with Gasteiger partial charge in [0.2, 0.25) is 0 Å². The van der Waals surface area contributed by atoms with Crippen molar-refractivity contribution in [1.82, 2.24) is 9.66 Å². The number of para-hydroxylation sites is 1. The molecule has 0 saturated heterocycles. The summed E-state index contributed by atoms with van der Waals surface area (Å²) >= 11 is 5.29. The predicted molar refractivity (Wildman–Crippen MR) is 97.3 cm³/mol. The lowest BCUT2D eigenvalue weighted by atomic mass is 10.2. The Hall–Kier alpha value is -2.86. The van der Waals surface area contributed by atoms with Gasteiger partial charge in [-0.15, -0.1) is 0 Å². The first kappa shape index (κ1) is 16.0. The summed E-state index contributed by atoms with van der Waals surface area (Å²) in [6.07, 6.45) is 3.37. The number of rotatable bonds is 5. The summed E-state index contributed by atoms with van der Waals surface area (Å²) in [5, 5.41) is 14.5. The molecule has 0 amide bonds. The zero-order valence-electron chi connectivity index (χ0n) is 13.1. The monoisotopic (exact) mass is 339 g/mol. The third-order valence-electron chi connectivity index (χ3n) is 3.44. The minimum atomic E-state index is 0.0634. The molecule has 5 nitrogen and oxygen atoms in total. The number of hydrogen-bond acceptors (Lipinski definition) is 4. The fraction of sp³-hybridized carbons (Fsp3) is 0.111. The number of phenolic OH excluding ortho intramolecular Hbond substituents is 1. The number of imidazole rings is 1. The van der Waals surface area contributed by atoms with Gasteiger partial charge in [-0.1, -0.05) is 36.4 Å². The van der Waals surface area contributed by atoms with Crippen LogP contribution in [0.25, 0.3) is 11.3 Å². The maximum absolute atomic E-state index is 10.2. The zero-order chi connectivity index (χ0) is 16.9. The topological polar surface area (TPSA) is 62.5 Å². The minimum absolute atomic E-state index is 0.0634. The molecule has 2 N–H and O–H groups in total. The van der Waals surface area contributed by atoms with Crippen LogP contribution in [-0.4, -0.2) is 27.6 Å². The van der Waals surface area contributed by atoms with Gasteiger partial charge < -0.3 is 14.8 Å². The Bertz CT molecular complexity index is 914. The Labute approximate surface area is 144 Å². The molecule has 24 heavy (non-hydrogen) atoms. The van der Waals surface area contributed by atoms with Crippen LogP contribution in [0.4, 0.5) is 0 Å². The van der Waals surface area contributed by atoms with Crippen LogP contribution in [0.15, 0.2) is 59.8 Å². The van der Waals surface area contributed by atoms with Crippen LogP contribution in [0.2, 0.25) is 0 Å². The van der Waals surface area contributed by atoms with Crippen molar-refractivity contribution in [3.8, 4) is 22.8 Å². The van der Waals surface area contributed by atoms with Gasteiger partial charge in [-0.3, -0.25) is 0 Å². The van der Waals surface area contributed by atoms with Crippen molar-refractivity contribution in [3.63, 3.8) is 0 Å².